The van der Waals surface area contributed by atoms with Gasteiger partial charge in [-0.2, -0.15) is 4.68 Å². The van der Waals surface area contributed by atoms with Gasteiger partial charge < -0.3 is 15.3 Å². The van der Waals surface area contributed by atoms with Crippen LogP contribution in [0.4, 0.5) is 5.69 Å². The molecule has 0 unspecified atom stereocenters. The molecule has 0 bridgehead atoms. The molecule has 3 aromatic rings. The number of methoxy groups -OCH3 is 1. The summed E-state index contributed by atoms with van der Waals surface area (Å²) in [5.74, 6) is 5.54. The Bertz CT molecular complexity index is 1370. The second-order valence-electron chi connectivity index (χ2n) is 8.29. The van der Waals surface area contributed by atoms with Crippen molar-refractivity contribution in [2.24, 2.45) is 10.9 Å². The minimum absolute atomic E-state index is 0.0541. The van der Waals surface area contributed by atoms with Crippen LogP contribution in [0, 0.1) is 5.92 Å². The fraction of sp³-hybridized carbons (Fsp3) is 0.360. The normalized spacial score (nSPS) is 12.4. The monoisotopic (exact) mass is 515 g/mol. The molecule has 0 fully saturated rings. The maximum Gasteiger partial charge on any atom is 0.353 e. The molecule has 0 aliphatic rings. The first-order valence-corrected chi connectivity index (χ1v) is 11.9. The SMILES string of the molecule is CCCCOc1ccc(N=c2n(N)c(=O)n(C[C@H](C)C(=O)OC)c(=O)n2Cc2ccc(Cl)cc2)cc1. The molecule has 11 heteroatoms. The third-order valence-corrected chi connectivity index (χ3v) is 5.75. The second-order valence-corrected chi connectivity index (χ2v) is 8.73. The summed E-state index contributed by atoms with van der Waals surface area (Å²) in [7, 11) is 1.24. The lowest BCUT2D eigenvalue weighted by Crippen LogP contribution is -2.58. The van der Waals surface area contributed by atoms with Gasteiger partial charge in [0.15, 0.2) is 0 Å². The van der Waals surface area contributed by atoms with Crippen molar-refractivity contribution in [3.8, 4) is 5.75 Å². The van der Waals surface area contributed by atoms with Crippen molar-refractivity contribution in [3.05, 3.63) is 85.7 Å². The van der Waals surface area contributed by atoms with E-state index >= 15 is 0 Å². The van der Waals surface area contributed by atoms with E-state index in [0.29, 0.717) is 23.1 Å². The molecule has 1 atom stereocenters. The minimum atomic E-state index is -0.804. The number of carbonyl (C=O) groups excluding carboxylic acids is 1. The van der Waals surface area contributed by atoms with Crippen LogP contribution in [0.15, 0.2) is 63.1 Å². The number of hydrogen-bond donors (Lipinski definition) is 1. The van der Waals surface area contributed by atoms with Gasteiger partial charge in [0.1, 0.15) is 5.75 Å². The van der Waals surface area contributed by atoms with Gasteiger partial charge in [-0.15, -0.1) is 0 Å². The highest BCUT2D eigenvalue weighted by molar-refractivity contribution is 6.30. The molecule has 36 heavy (non-hydrogen) atoms. The fourth-order valence-corrected chi connectivity index (χ4v) is 3.58. The van der Waals surface area contributed by atoms with Crippen LogP contribution in [-0.4, -0.2) is 33.5 Å². The van der Waals surface area contributed by atoms with E-state index in [4.69, 9.17) is 26.9 Å². The van der Waals surface area contributed by atoms with E-state index in [-0.39, 0.29) is 18.7 Å². The van der Waals surface area contributed by atoms with Crippen molar-refractivity contribution in [2.75, 3.05) is 19.6 Å². The lowest BCUT2D eigenvalue weighted by Gasteiger charge is -2.16. The number of esters is 1. The predicted molar refractivity (Wildman–Crippen MR) is 137 cm³/mol. The van der Waals surface area contributed by atoms with E-state index in [1.807, 2.05) is 0 Å². The summed E-state index contributed by atoms with van der Waals surface area (Å²) >= 11 is 6.00. The summed E-state index contributed by atoms with van der Waals surface area (Å²) in [4.78, 5) is 42.9. The largest absolute Gasteiger partial charge is 0.494 e. The number of hydrogen-bond acceptors (Lipinski definition) is 7. The number of halogens is 1. The molecule has 0 saturated carbocycles. The number of nitrogens with zero attached hydrogens (tertiary/aromatic N) is 4. The zero-order valence-corrected chi connectivity index (χ0v) is 21.3. The molecule has 0 amide bonds. The molecule has 3 rings (SSSR count). The number of unbranched alkanes of at least 4 members (excludes halogenated alkanes) is 1. The summed E-state index contributed by atoms with van der Waals surface area (Å²) in [6.45, 7) is 4.12. The molecule has 2 aromatic carbocycles. The van der Waals surface area contributed by atoms with Crippen LogP contribution >= 0.6 is 11.6 Å². The fourth-order valence-electron chi connectivity index (χ4n) is 3.46. The van der Waals surface area contributed by atoms with Crippen LogP contribution in [0.3, 0.4) is 0 Å². The van der Waals surface area contributed by atoms with E-state index in [2.05, 4.69) is 11.9 Å². The minimum Gasteiger partial charge on any atom is -0.494 e. The third kappa shape index (κ3) is 6.45. The number of ether oxygens (including phenoxy) is 2. The van der Waals surface area contributed by atoms with Crippen molar-refractivity contribution in [1.29, 1.82) is 0 Å². The zero-order valence-electron chi connectivity index (χ0n) is 20.5. The number of rotatable bonds is 10. The third-order valence-electron chi connectivity index (χ3n) is 5.50. The molecule has 2 N–H and O–H groups in total. The summed E-state index contributed by atoms with van der Waals surface area (Å²) in [5.41, 5.74) is -0.307. The van der Waals surface area contributed by atoms with Gasteiger partial charge in [0.05, 0.1) is 31.9 Å². The Balaban J connectivity index is 2.12. The zero-order chi connectivity index (χ0) is 26.2. The number of nitrogens with two attached hydrogens (primary N) is 1. The van der Waals surface area contributed by atoms with Crippen LogP contribution in [0.2, 0.25) is 5.02 Å². The van der Waals surface area contributed by atoms with Crippen molar-refractivity contribution in [1.82, 2.24) is 13.8 Å². The van der Waals surface area contributed by atoms with Crippen LogP contribution in [-0.2, 0) is 22.6 Å². The number of carbonyl (C=O) groups is 1. The standard InChI is InChI=1S/C25H30ClN5O5/c1-4-5-14-36-21-12-10-20(11-13-21)28-23-29(16-18-6-8-19(26)9-7-18)24(33)30(25(34)31(23)27)15-17(2)22(32)35-3/h6-13,17H,4-5,14-16,27H2,1-3H3/t17-/m0/s1. The Morgan fingerprint density at radius 3 is 2.33 bits per heavy atom. The number of aromatic nitrogens is 3. The molecule has 0 aliphatic heterocycles. The summed E-state index contributed by atoms with van der Waals surface area (Å²) in [6, 6.07) is 13.9. The van der Waals surface area contributed by atoms with Crippen LogP contribution in [0.1, 0.15) is 32.3 Å². The van der Waals surface area contributed by atoms with Crippen molar-refractivity contribution in [2.45, 2.75) is 39.8 Å². The molecule has 0 spiro atoms. The Morgan fingerprint density at radius 1 is 1.06 bits per heavy atom. The molecule has 0 aliphatic carbocycles. The van der Waals surface area contributed by atoms with Crippen LogP contribution in [0.5, 0.6) is 5.75 Å². The van der Waals surface area contributed by atoms with Gasteiger partial charge in [0.2, 0.25) is 5.62 Å². The maximum atomic E-state index is 13.5. The van der Waals surface area contributed by atoms with E-state index in [1.165, 1.54) is 11.7 Å². The summed E-state index contributed by atoms with van der Waals surface area (Å²) < 4.78 is 13.4. The molecule has 192 valence electrons. The van der Waals surface area contributed by atoms with E-state index in [9.17, 15) is 14.4 Å². The predicted octanol–water partition coefficient (Wildman–Crippen LogP) is 2.45. The molecular formula is C25H30ClN5O5. The molecule has 1 aromatic heterocycles. The van der Waals surface area contributed by atoms with E-state index in [0.717, 1.165) is 27.6 Å². The number of nitrogen functional groups attached to an aromatic ring is 1. The van der Waals surface area contributed by atoms with Gasteiger partial charge >= 0.3 is 17.3 Å². The average Bonchev–Trinajstić information content (AvgIpc) is 2.88. The van der Waals surface area contributed by atoms with Gasteiger partial charge in [-0.3, -0.25) is 9.36 Å². The van der Waals surface area contributed by atoms with E-state index < -0.39 is 23.3 Å². The highest BCUT2D eigenvalue weighted by atomic mass is 35.5. The Hall–Kier alpha value is -3.79. The molecule has 10 nitrogen and oxygen atoms in total. The van der Waals surface area contributed by atoms with Gasteiger partial charge in [0.25, 0.3) is 0 Å². The van der Waals surface area contributed by atoms with Crippen molar-refractivity contribution in [3.63, 3.8) is 0 Å². The molecule has 0 radical (unpaired) electrons. The number of benzene rings is 2. The molecular weight excluding hydrogens is 486 g/mol. The summed E-state index contributed by atoms with van der Waals surface area (Å²) in [5, 5.41) is 0.544. The second kappa shape index (κ2) is 12.3. The van der Waals surface area contributed by atoms with Gasteiger partial charge in [-0.1, -0.05) is 44.0 Å². The van der Waals surface area contributed by atoms with Crippen LogP contribution < -0.4 is 27.6 Å². The van der Waals surface area contributed by atoms with Gasteiger partial charge in [-0.25, -0.2) is 19.1 Å². The first kappa shape index (κ1) is 26.8. The first-order chi connectivity index (χ1) is 17.2. The quantitative estimate of drug-likeness (QED) is 0.251. The topological polar surface area (TPSA) is 123 Å². The Labute approximate surface area is 213 Å². The van der Waals surface area contributed by atoms with Gasteiger partial charge in [-0.05, 0) is 48.4 Å². The van der Waals surface area contributed by atoms with Crippen molar-refractivity contribution < 1.29 is 14.3 Å². The first-order valence-electron chi connectivity index (χ1n) is 11.6. The molecule has 1 heterocycles. The van der Waals surface area contributed by atoms with Crippen LogP contribution in [0.25, 0.3) is 0 Å². The van der Waals surface area contributed by atoms with Gasteiger partial charge in [0, 0.05) is 11.6 Å². The lowest BCUT2D eigenvalue weighted by atomic mass is 10.2. The Kier molecular flexibility index (Phi) is 9.13. The highest BCUT2D eigenvalue weighted by Gasteiger charge is 2.20. The highest BCUT2D eigenvalue weighted by Crippen LogP contribution is 2.18. The smallest absolute Gasteiger partial charge is 0.353 e. The van der Waals surface area contributed by atoms with E-state index in [1.54, 1.807) is 55.5 Å². The average molecular weight is 516 g/mol. The molecule has 0 saturated heterocycles. The Morgan fingerprint density at radius 2 is 1.72 bits per heavy atom. The maximum absolute atomic E-state index is 13.5. The lowest BCUT2D eigenvalue weighted by molar-refractivity contribution is -0.145. The van der Waals surface area contributed by atoms with Crippen molar-refractivity contribution >= 4 is 23.3 Å². The summed E-state index contributed by atoms with van der Waals surface area (Å²) in [6.07, 6.45) is 1.97.